The molecule has 5 nitrogen and oxygen atoms in total. The molecule has 1 atom stereocenters. The zero-order chi connectivity index (χ0) is 20.9. The molecule has 6 heteroatoms. The van der Waals surface area contributed by atoms with E-state index < -0.39 is 0 Å². The molecule has 1 heterocycles. The van der Waals surface area contributed by atoms with Crippen molar-refractivity contribution in [2.45, 2.75) is 44.8 Å². The van der Waals surface area contributed by atoms with E-state index in [9.17, 15) is 4.79 Å². The van der Waals surface area contributed by atoms with Crippen molar-refractivity contribution < 1.29 is 14.4 Å². The van der Waals surface area contributed by atoms with Gasteiger partial charge in [-0.3, -0.25) is 4.79 Å². The summed E-state index contributed by atoms with van der Waals surface area (Å²) in [6.45, 7) is 1.03. The summed E-state index contributed by atoms with van der Waals surface area (Å²) >= 11 is 6.16. The van der Waals surface area contributed by atoms with Crippen molar-refractivity contribution in [1.29, 1.82) is 0 Å². The molecule has 1 saturated carbocycles. The quantitative estimate of drug-likeness (QED) is 0.621. The first-order chi connectivity index (χ1) is 14.6. The first-order valence-electron chi connectivity index (χ1n) is 10.5. The SMILES string of the molecule is COc1ccccc1C1=NO[C@H](CN(Cc2cccc(Cl)c2)C(=O)C2CCCC2)C1. The number of ether oxygens (including phenoxy) is 1. The maximum atomic E-state index is 13.3. The molecular formula is C24H27ClN2O3. The molecule has 4 rings (SSSR count). The number of methoxy groups -OCH3 is 1. The van der Waals surface area contributed by atoms with E-state index in [-0.39, 0.29) is 17.9 Å². The van der Waals surface area contributed by atoms with Crippen LogP contribution in [0.15, 0.2) is 53.7 Å². The minimum atomic E-state index is -0.172. The average Bonchev–Trinajstić information content (AvgIpc) is 3.45. The number of carbonyl (C=O) groups is 1. The van der Waals surface area contributed by atoms with E-state index in [4.69, 9.17) is 21.2 Å². The van der Waals surface area contributed by atoms with Crippen molar-refractivity contribution in [3.8, 4) is 5.75 Å². The fourth-order valence-corrected chi connectivity index (χ4v) is 4.55. The summed E-state index contributed by atoms with van der Waals surface area (Å²) in [7, 11) is 1.65. The highest BCUT2D eigenvalue weighted by atomic mass is 35.5. The van der Waals surface area contributed by atoms with Crippen LogP contribution < -0.4 is 4.74 Å². The maximum absolute atomic E-state index is 13.3. The number of hydrogen-bond acceptors (Lipinski definition) is 4. The molecule has 2 aromatic carbocycles. The van der Waals surface area contributed by atoms with Crippen molar-refractivity contribution in [3.63, 3.8) is 0 Å². The van der Waals surface area contributed by atoms with E-state index in [0.717, 1.165) is 48.3 Å². The van der Waals surface area contributed by atoms with Crippen LogP contribution in [0, 0.1) is 5.92 Å². The molecular weight excluding hydrogens is 400 g/mol. The van der Waals surface area contributed by atoms with Gasteiger partial charge in [0.2, 0.25) is 5.91 Å². The van der Waals surface area contributed by atoms with Gasteiger partial charge in [0.25, 0.3) is 0 Å². The third kappa shape index (κ3) is 4.78. The Morgan fingerprint density at radius 1 is 1.20 bits per heavy atom. The Labute approximate surface area is 182 Å². The van der Waals surface area contributed by atoms with Crippen LogP contribution in [0.4, 0.5) is 0 Å². The summed E-state index contributed by atoms with van der Waals surface area (Å²) in [6, 6.07) is 15.5. The van der Waals surface area contributed by atoms with Crippen molar-refractivity contribution in [3.05, 3.63) is 64.7 Å². The molecule has 0 aromatic heterocycles. The van der Waals surface area contributed by atoms with Crippen molar-refractivity contribution in [2.24, 2.45) is 11.1 Å². The summed E-state index contributed by atoms with van der Waals surface area (Å²) in [4.78, 5) is 20.9. The summed E-state index contributed by atoms with van der Waals surface area (Å²) in [5, 5.41) is 4.98. The van der Waals surface area contributed by atoms with Gasteiger partial charge in [0.15, 0.2) is 6.10 Å². The molecule has 1 aliphatic carbocycles. The number of benzene rings is 2. The Hall–Kier alpha value is -2.53. The van der Waals surface area contributed by atoms with Crippen LogP contribution in [0.2, 0.25) is 5.02 Å². The standard InChI is InChI=1S/C24H27ClN2O3/c1-29-23-12-5-4-11-21(23)22-14-20(30-26-22)16-27(24(28)18-8-2-3-9-18)15-17-7-6-10-19(25)13-17/h4-7,10-13,18,20H,2-3,8-9,14-16H2,1H3/t20-/m0/s1. The van der Waals surface area contributed by atoms with Crippen LogP contribution in [0.1, 0.15) is 43.2 Å². The lowest BCUT2D eigenvalue weighted by Gasteiger charge is -2.27. The van der Waals surface area contributed by atoms with Crippen LogP contribution in [0.5, 0.6) is 5.75 Å². The first-order valence-corrected chi connectivity index (χ1v) is 10.9. The molecule has 0 radical (unpaired) electrons. The van der Waals surface area contributed by atoms with Crippen LogP contribution in [-0.4, -0.2) is 36.3 Å². The topological polar surface area (TPSA) is 51.1 Å². The lowest BCUT2D eigenvalue weighted by atomic mass is 10.0. The molecule has 0 saturated heterocycles. The lowest BCUT2D eigenvalue weighted by molar-refractivity contribution is -0.137. The van der Waals surface area contributed by atoms with Crippen LogP contribution in [-0.2, 0) is 16.2 Å². The predicted molar refractivity (Wildman–Crippen MR) is 118 cm³/mol. The number of hydrogen-bond donors (Lipinski definition) is 0. The fourth-order valence-electron chi connectivity index (χ4n) is 4.33. The first kappa shape index (κ1) is 20.7. The second-order valence-electron chi connectivity index (χ2n) is 8.00. The van der Waals surface area contributed by atoms with Gasteiger partial charge in [-0.1, -0.05) is 53.9 Å². The number of amides is 1. The van der Waals surface area contributed by atoms with Crippen molar-refractivity contribution >= 4 is 23.2 Å². The fraction of sp³-hybridized carbons (Fsp3) is 0.417. The second kappa shape index (κ2) is 9.52. The predicted octanol–water partition coefficient (Wildman–Crippen LogP) is 5.06. The third-order valence-electron chi connectivity index (χ3n) is 5.85. The minimum absolute atomic E-state index is 0.111. The highest BCUT2D eigenvalue weighted by molar-refractivity contribution is 6.30. The Morgan fingerprint density at radius 3 is 2.77 bits per heavy atom. The molecule has 2 aromatic rings. The van der Waals surface area contributed by atoms with Gasteiger partial charge >= 0.3 is 0 Å². The number of oxime groups is 1. The Morgan fingerprint density at radius 2 is 2.00 bits per heavy atom. The zero-order valence-corrected chi connectivity index (χ0v) is 18.0. The molecule has 0 spiro atoms. The molecule has 30 heavy (non-hydrogen) atoms. The van der Waals surface area contributed by atoms with Gasteiger partial charge < -0.3 is 14.5 Å². The summed E-state index contributed by atoms with van der Waals surface area (Å²) in [5.74, 6) is 1.10. The third-order valence-corrected chi connectivity index (χ3v) is 6.09. The van der Waals surface area contributed by atoms with Gasteiger partial charge in [-0.25, -0.2) is 0 Å². The Bertz CT molecular complexity index is 924. The highest BCUT2D eigenvalue weighted by Crippen LogP contribution is 2.29. The van der Waals surface area contributed by atoms with Crippen LogP contribution >= 0.6 is 11.6 Å². The highest BCUT2D eigenvalue weighted by Gasteiger charge is 2.32. The van der Waals surface area contributed by atoms with Crippen LogP contribution in [0.3, 0.4) is 0 Å². The number of halogens is 1. The molecule has 2 aliphatic rings. The van der Waals surface area contributed by atoms with Gasteiger partial charge in [-0.15, -0.1) is 0 Å². The average molecular weight is 427 g/mol. The minimum Gasteiger partial charge on any atom is -0.496 e. The van der Waals surface area contributed by atoms with Crippen molar-refractivity contribution in [1.82, 2.24) is 4.90 Å². The van der Waals surface area contributed by atoms with E-state index >= 15 is 0 Å². The number of nitrogens with zero attached hydrogens (tertiary/aromatic N) is 2. The zero-order valence-electron chi connectivity index (χ0n) is 17.2. The Balaban J connectivity index is 1.47. The van der Waals surface area contributed by atoms with Gasteiger partial charge in [0.05, 0.1) is 19.4 Å². The summed E-state index contributed by atoms with van der Waals surface area (Å²) < 4.78 is 5.46. The van der Waals surface area contributed by atoms with E-state index in [0.29, 0.717) is 24.5 Å². The second-order valence-corrected chi connectivity index (χ2v) is 8.44. The van der Waals surface area contributed by atoms with Gasteiger partial charge in [0, 0.05) is 29.5 Å². The monoisotopic (exact) mass is 426 g/mol. The van der Waals surface area contributed by atoms with E-state index in [1.807, 2.05) is 53.4 Å². The molecule has 1 amide bonds. The molecule has 158 valence electrons. The van der Waals surface area contributed by atoms with Gasteiger partial charge in [0.1, 0.15) is 5.75 Å². The maximum Gasteiger partial charge on any atom is 0.226 e. The molecule has 0 N–H and O–H groups in total. The van der Waals surface area contributed by atoms with E-state index in [2.05, 4.69) is 5.16 Å². The smallest absolute Gasteiger partial charge is 0.226 e. The van der Waals surface area contributed by atoms with Gasteiger partial charge in [-0.2, -0.15) is 0 Å². The van der Waals surface area contributed by atoms with E-state index in [1.54, 1.807) is 7.11 Å². The largest absolute Gasteiger partial charge is 0.496 e. The molecule has 1 fully saturated rings. The molecule has 1 aliphatic heterocycles. The normalized spacial score (nSPS) is 18.7. The Kier molecular flexibility index (Phi) is 6.58. The van der Waals surface area contributed by atoms with E-state index in [1.165, 1.54) is 0 Å². The van der Waals surface area contributed by atoms with Gasteiger partial charge in [-0.05, 0) is 42.7 Å². The summed E-state index contributed by atoms with van der Waals surface area (Å²) in [5.41, 5.74) is 2.82. The number of para-hydroxylation sites is 1. The molecule has 0 bridgehead atoms. The summed E-state index contributed by atoms with van der Waals surface area (Å²) in [6.07, 6.45) is 4.67. The van der Waals surface area contributed by atoms with Crippen LogP contribution in [0.25, 0.3) is 0 Å². The molecule has 0 unspecified atom stereocenters. The number of rotatable bonds is 7. The number of carbonyl (C=O) groups excluding carboxylic acids is 1. The van der Waals surface area contributed by atoms with Crippen molar-refractivity contribution in [2.75, 3.05) is 13.7 Å². The lowest BCUT2D eigenvalue weighted by Crippen LogP contribution is -2.40.